The molecule has 1 amide bonds. The number of carbonyl (C=O) groups is 1. The minimum absolute atomic E-state index is 0. The molecule has 0 saturated heterocycles. The van der Waals surface area contributed by atoms with Gasteiger partial charge in [0.05, 0.1) is 4.90 Å². The second-order valence-electron chi connectivity index (χ2n) is 5.43. The van der Waals surface area contributed by atoms with E-state index >= 15 is 0 Å². The minimum Gasteiger partial charge on any atom is -0.338 e. The van der Waals surface area contributed by atoms with E-state index in [-0.39, 0.29) is 35.8 Å². The molecule has 9 heteroatoms. The number of nitrogens with zero attached hydrogens (tertiary/aromatic N) is 1. The molecule has 0 bridgehead atoms. The number of thiophene rings is 1. The van der Waals surface area contributed by atoms with Crippen LogP contribution in [0.5, 0.6) is 0 Å². The maximum absolute atomic E-state index is 12.4. The number of likely N-dealkylation sites (N-methyl/N-ethyl adjacent to an activating group) is 1. The number of amides is 1. The predicted molar refractivity (Wildman–Crippen MR) is 103 cm³/mol. The van der Waals surface area contributed by atoms with Crippen LogP contribution in [-0.4, -0.2) is 38.9 Å². The van der Waals surface area contributed by atoms with Crippen molar-refractivity contribution in [2.75, 3.05) is 13.6 Å². The number of nitrogens with two attached hydrogens (primary N) is 1. The highest BCUT2D eigenvalue weighted by Crippen LogP contribution is 2.15. The molecule has 25 heavy (non-hydrogen) atoms. The lowest BCUT2D eigenvalue weighted by Gasteiger charge is -2.23. The van der Waals surface area contributed by atoms with Gasteiger partial charge in [0.25, 0.3) is 5.91 Å². The Hall–Kier alpha value is -1.45. The Morgan fingerprint density at radius 3 is 2.64 bits per heavy atom. The Morgan fingerprint density at radius 2 is 2.04 bits per heavy atom. The number of nitrogens with one attached hydrogen (secondary N) is 1. The van der Waals surface area contributed by atoms with Crippen LogP contribution in [0.3, 0.4) is 0 Å². The van der Waals surface area contributed by atoms with Crippen molar-refractivity contribution in [3.63, 3.8) is 0 Å². The maximum atomic E-state index is 12.4. The lowest BCUT2D eigenvalue weighted by atomic mass is 10.2. The molecular weight excluding hydrogens is 382 g/mol. The molecule has 0 aliphatic heterocycles. The summed E-state index contributed by atoms with van der Waals surface area (Å²) >= 11 is 1.48. The Labute approximate surface area is 158 Å². The van der Waals surface area contributed by atoms with E-state index in [1.165, 1.54) is 28.4 Å². The van der Waals surface area contributed by atoms with E-state index < -0.39 is 10.0 Å². The van der Waals surface area contributed by atoms with E-state index in [4.69, 9.17) is 5.73 Å². The zero-order valence-corrected chi connectivity index (χ0v) is 16.5. The Bertz CT molecular complexity index is 795. The van der Waals surface area contributed by atoms with Crippen molar-refractivity contribution in [1.29, 1.82) is 0 Å². The lowest BCUT2D eigenvalue weighted by molar-refractivity contribution is 0.0748. The summed E-state index contributed by atoms with van der Waals surface area (Å²) in [6.07, 6.45) is 0. The fourth-order valence-electron chi connectivity index (χ4n) is 2.02. The van der Waals surface area contributed by atoms with Crippen LogP contribution in [-0.2, 0) is 16.6 Å². The molecule has 138 valence electrons. The van der Waals surface area contributed by atoms with Crippen molar-refractivity contribution >= 4 is 39.7 Å². The van der Waals surface area contributed by atoms with Crippen molar-refractivity contribution in [2.45, 2.75) is 24.4 Å². The largest absolute Gasteiger partial charge is 0.338 e. The van der Waals surface area contributed by atoms with Gasteiger partial charge in [-0.05, 0) is 36.6 Å². The summed E-state index contributed by atoms with van der Waals surface area (Å²) in [5, 5.41) is 1.89. The smallest absolute Gasteiger partial charge is 0.253 e. The van der Waals surface area contributed by atoms with Crippen molar-refractivity contribution in [3.8, 4) is 0 Å². The summed E-state index contributed by atoms with van der Waals surface area (Å²) in [5.41, 5.74) is 5.89. The summed E-state index contributed by atoms with van der Waals surface area (Å²) in [6, 6.07) is 9.61. The minimum atomic E-state index is -3.68. The molecule has 6 nitrogen and oxygen atoms in total. The molecule has 2 rings (SSSR count). The molecule has 0 saturated carbocycles. The predicted octanol–water partition coefficient (Wildman–Crippen LogP) is 2.07. The first-order valence-corrected chi connectivity index (χ1v) is 9.81. The molecule has 0 fully saturated rings. The van der Waals surface area contributed by atoms with Crippen LogP contribution >= 0.6 is 23.7 Å². The van der Waals surface area contributed by atoms with Crippen molar-refractivity contribution in [2.24, 2.45) is 5.73 Å². The molecule has 0 aliphatic rings. The monoisotopic (exact) mass is 403 g/mol. The number of sulfonamides is 1. The van der Waals surface area contributed by atoms with Crippen molar-refractivity contribution in [1.82, 2.24) is 9.62 Å². The Kier molecular flexibility index (Phi) is 8.04. The molecule has 3 N–H and O–H groups in total. The summed E-state index contributed by atoms with van der Waals surface area (Å²) in [7, 11) is -2.03. The number of carbonyl (C=O) groups excluding carboxylic acids is 1. The molecule has 1 aromatic carbocycles. The van der Waals surface area contributed by atoms with Gasteiger partial charge < -0.3 is 10.6 Å². The Balaban J connectivity index is 0.00000312. The van der Waals surface area contributed by atoms with E-state index in [9.17, 15) is 13.2 Å². The normalized spacial score (nSPS) is 12.3. The summed E-state index contributed by atoms with van der Waals surface area (Å²) in [5.74, 6) is -0.261. The third-order valence-electron chi connectivity index (χ3n) is 3.73. The van der Waals surface area contributed by atoms with Gasteiger partial charge in [0, 0.05) is 36.6 Å². The molecule has 1 heterocycles. The molecule has 2 aromatic rings. The number of hydrogen-bond donors (Lipinski definition) is 2. The third kappa shape index (κ3) is 5.52. The van der Waals surface area contributed by atoms with E-state index in [0.717, 1.165) is 4.88 Å². The fourth-order valence-corrected chi connectivity index (χ4v) is 3.81. The van der Waals surface area contributed by atoms with Gasteiger partial charge in [0.15, 0.2) is 0 Å². The second-order valence-corrected chi connectivity index (χ2v) is 8.23. The number of rotatable bonds is 7. The topological polar surface area (TPSA) is 92.5 Å². The highest BCUT2D eigenvalue weighted by molar-refractivity contribution is 7.89. The maximum Gasteiger partial charge on any atom is 0.253 e. The quantitative estimate of drug-likeness (QED) is 0.740. The standard InChI is InChI=1S/C16H21N3O3S2.ClH/c1-12(10-17)19(2)16(20)13-5-3-7-15(9-13)24(21,22)18-11-14-6-4-8-23-14;/h3-9,12,18H,10-11,17H2,1-2H3;1H. The molecule has 1 atom stereocenters. The molecule has 1 aromatic heterocycles. The van der Waals surface area contributed by atoms with E-state index in [1.54, 1.807) is 19.2 Å². The first kappa shape index (κ1) is 21.6. The van der Waals surface area contributed by atoms with Crippen LogP contribution in [0.1, 0.15) is 22.2 Å². The molecule has 0 aliphatic carbocycles. The Morgan fingerprint density at radius 1 is 1.32 bits per heavy atom. The third-order valence-corrected chi connectivity index (χ3v) is 6.01. The SMILES string of the molecule is CC(CN)N(C)C(=O)c1cccc(S(=O)(=O)NCc2cccs2)c1.Cl. The molecule has 0 spiro atoms. The van der Waals surface area contributed by atoms with Crippen LogP contribution in [0.2, 0.25) is 0 Å². The van der Waals surface area contributed by atoms with E-state index in [0.29, 0.717) is 12.1 Å². The van der Waals surface area contributed by atoms with Gasteiger partial charge in [-0.3, -0.25) is 4.79 Å². The van der Waals surface area contributed by atoms with Gasteiger partial charge in [0.2, 0.25) is 10.0 Å². The van der Waals surface area contributed by atoms with Gasteiger partial charge in [-0.15, -0.1) is 23.7 Å². The first-order chi connectivity index (χ1) is 11.3. The average molecular weight is 404 g/mol. The number of hydrogen-bond acceptors (Lipinski definition) is 5. The van der Waals surface area contributed by atoms with Crippen molar-refractivity contribution in [3.05, 3.63) is 52.2 Å². The van der Waals surface area contributed by atoms with Crippen molar-refractivity contribution < 1.29 is 13.2 Å². The van der Waals surface area contributed by atoms with E-state index in [1.807, 2.05) is 24.4 Å². The van der Waals surface area contributed by atoms with Crippen LogP contribution in [0.15, 0.2) is 46.7 Å². The van der Waals surface area contributed by atoms with E-state index in [2.05, 4.69) is 4.72 Å². The molecule has 0 radical (unpaired) electrons. The fraction of sp³-hybridized carbons (Fsp3) is 0.312. The number of benzene rings is 1. The lowest BCUT2D eigenvalue weighted by Crippen LogP contribution is -2.39. The zero-order chi connectivity index (χ0) is 17.7. The highest BCUT2D eigenvalue weighted by atomic mass is 35.5. The van der Waals surface area contributed by atoms with Crippen LogP contribution < -0.4 is 10.5 Å². The second kappa shape index (κ2) is 9.30. The highest BCUT2D eigenvalue weighted by Gasteiger charge is 2.20. The zero-order valence-electron chi connectivity index (χ0n) is 14.0. The van der Waals surface area contributed by atoms with Crippen LogP contribution in [0, 0.1) is 0 Å². The molecule has 1 unspecified atom stereocenters. The van der Waals surface area contributed by atoms with Gasteiger partial charge in [-0.25, -0.2) is 13.1 Å². The van der Waals surface area contributed by atoms with Gasteiger partial charge in [-0.1, -0.05) is 12.1 Å². The average Bonchev–Trinajstić information content (AvgIpc) is 3.11. The summed E-state index contributed by atoms with van der Waals surface area (Å²) in [4.78, 5) is 14.9. The molecular formula is C16H22ClN3O3S2. The van der Waals surface area contributed by atoms with Gasteiger partial charge >= 0.3 is 0 Å². The van der Waals surface area contributed by atoms with Gasteiger partial charge in [0.1, 0.15) is 0 Å². The first-order valence-electron chi connectivity index (χ1n) is 7.44. The van der Waals surface area contributed by atoms with Crippen LogP contribution in [0.4, 0.5) is 0 Å². The summed E-state index contributed by atoms with van der Waals surface area (Å²) < 4.78 is 27.4. The number of halogens is 1. The summed E-state index contributed by atoms with van der Waals surface area (Å²) in [6.45, 7) is 2.39. The van der Waals surface area contributed by atoms with Crippen LogP contribution in [0.25, 0.3) is 0 Å². The van der Waals surface area contributed by atoms with Gasteiger partial charge in [-0.2, -0.15) is 0 Å².